The van der Waals surface area contributed by atoms with Gasteiger partial charge < -0.3 is 10.2 Å². The third-order valence-corrected chi connectivity index (χ3v) is 3.76. The van der Waals surface area contributed by atoms with Crippen LogP contribution in [0.3, 0.4) is 0 Å². The quantitative estimate of drug-likeness (QED) is 0.928. The lowest BCUT2D eigenvalue weighted by atomic mass is 10.2. The summed E-state index contributed by atoms with van der Waals surface area (Å²) in [5, 5.41) is 6.76. The van der Waals surface area contributed by atoms with Gasteiger partial charge in [0.2, 0.25) is 0 Å². The molecular weight excluding hydrogens is 280 g/mol. The molecule has 2 heterocycles. The van der Waals surface area contributed by atoms with E-state index in [9.17, 15) is 9.59 Å². The van der Waals surface area contributed by atoms with E-state index in [1.165, 1.54) is 0 Å². The number of carbonyl (C=O) groups is 2. The van der Waals surface area contributed by atoms with Crippen LogP contribution in [0.1, 0.15) is 33.0 Å². The Hall–Kier alpha value is -2.63. The summed E-state index contributed by atoms with van der Waals surface area (Å²) in [6, 6.07) is 11.5. The van der Waals surface area contributed by atoms with Crippen molar-refractivity contribution in [2.24, 2.45) is 0 Å². The smallest absolute Gasteiger partial charge is 0.272 e. The van der Waals surface area contributed by atoms with E-state index in [2.05, 4.69) is 10.4 Å². The fraction of sp³-hybridized carbons (Fsp3) is 0.312. The minimum Gasteiger partial charge on any atom is -0.354 e. The predicted octanol–water partition coefficient (Wildman–Crippen LogP) is 1.29. The number of aromatic nitrogens is 2. The highest BCUT2D eigenvalue weighted by Crippen LogP contribution is 2.16. The fourth-order valence-electron chi connectivity index (χ4n) is 2.63. The van der Waals surface area contributed by atoms with Gasteiger partial charge in [0.15, 0.2) is 5.69 Å². The molecule has 1 aromatic carbocycles. The molecule has 0 fully saturated rings. The lowest BCUT2D eigenvalue weighted by Crippen LogP contribution is -2.30. The van der Waals surface area contributed by atoms with Crippen molar-refractivity contribution >= 4 is 11.8 Å². The van der Waals surface area contributed by atoms with Crippen LogP contribution in [0.2, 0.25) is 0 Å². The number of aryl methyl sites for hydroxylation is 1. The van der Waals surface area contributed by atoms with Crippen molar-refractivity contribution < 1.29 is 9.59 Å². The number of hydrogen-bond acceptors (Lipinski definition) is 3. The minimum atomic E-state index is -0.275. The third kappa shape index (κ3) is 2.72. The van der Waals surface area contributed by atoms with Crippen molar-refractivity contribution in [1.82, 2.24) is 20.0 Å². The Morgan fingerprint density at radius 1 is 1.27 bits per heavy atom. The summed E-state index contributed by atoms with van der Waals surface area (Å²) in [7, 11) is 1.55. The Morgan fingerprint density at radius 3 is 2.77 bits per heavy atom. The number of benzene rings is 1. The second-order valence-corrected chi connectivity index (χ2v) is 5.28. The lowest BCUT2D eigenvalue weighted by molar-refractivity contribution is 0.0745. The van der Waals surface area contributed by atoms with Gasteiger partial charge in [-0.05, 0) is 12.0 Å². The average Bonchev–Trinajstić information content (AvgIpc) is 2.92. The number of nitrogens with zero attached hydrogens (tertiary/aromatic N) is 3. The summed E-state index contributed by atoms with van der Waals surface area (Å²) in [5.41, 5.74) is 1.86. The van der Waals surface area contributed by atoms with Crippen LogP contribution in [0.4, 0.5) is 0 Å². The highest BCUT2D eigenvalue weighted by molar-refractivity contribution is 5.97. The number of rotatable bonds is 3. The third-order valence-electron chi connectivity index (χ3n) is 3.76. The second-order valence-electron chi connectivity index (χ2n) is 5.28. The van der Waals surface area contributed by atoms with Crippen molar-refractivity contribution in [2.75, 3.05) is 13.6 Å². The van der Waals surface area contributed by atoms with Gasteiger partial charge in [-0.1, -0.05) is 30.3 Å². The van der Waals surface area contributed by atoms with Crippen molar-refractivity contribution in [3.63, 3.8) is 0 Å². The molecule has 6 heteroatoms. The van der Waals surface area contributed by atoms with Crippen molar-refractivity contribution in [1.29, 1.82) is 0 Å². The van der Waals surface area contributed by atoms with Gasteiger partial charge in [0.05, 0.1) is 0 Å². The molecule has 0 radical (unpaired) electrons. The summed E-state index contributed by atoms with van der Waals surface area (Å²) in [6.07, 6.45) is 0.820. The zero-order valence-corrected chi connectivity index (χ0v) is 12.5. The van der Waals surface area contributed by atoms with Crippen LogP contribution in [0.5, 0.6) is 0 Å². The molecule has 0 unspecified atom stereocenters. The molecule has 1 N–H and O–H groups in total. The van der Waals surface area contributed by atoms with Crippen LogP contribution in [0.25, 0.3) is 0 Å². The van der Waals surface area contributed by atoms with Crippen molar-refractivity contribution in [2.45, 2.75) is 19.5 Å². The first-order valence-electron chi connectivity index (χ1n) is 7.32. The average molecular weight is 298 g/mol. The molecule has 3 rings (SSSR count). The molecule has 6 nitrogen and oxygen atoms in total. The topological polar surface area (TPSA) is 67.2 Å². The van der Waals surface area contributed by atoms with E-state index in [1.54, 1.807) is 17.8 Å². The molecule has 2 amide bonds. The van der Waals surface area contributed by atoms with Gasteiger partial charge in [-0.3, -0.25) is 14.3 Å². The van der Waals surface area contributed by atoms with E-state index in [4.69, 9.17) is 0 Å². The Bertz CT molecular complexity index is 693. The molecule has 0 atom stereocenters. The number of nitrogens with one attached hydrogen (secondary N) is 1. The first-order valence-corrected chi connectivity index (χ1v) is 7.32. The van der Waals surface area contributed by atoms with Gasteiger partial charge in [-0.25, -0.2) is 0 Å². The molecule has 2 aromatic rings. The Morgan fingerprint density at radius 2 is 2.05 bits per heavy atom. The predicted molar refractivity (Wildman–Crippen MR) is 81.4 cm³/mol. The second kappa shape index (κ2) is 6.01. The zero-order valence-electron chi connectivity index (χ0n) is 12.5. The van der Waals surface area contributed by atoms with Crippen LogP contribution in [0.15, 0.2) is 36.4 Å². The molecule has 1 aliphatic heterocycles. The van der Waals surface area contributed by atoms with Gasteiger partial charge in [-0.2, -0.15) is 5.10 Å². The Labute approximate surface area is 128 Å². The molecule has 1 aromatic heterocycles. The first kappa shape index (κ1) is 14.3. The van der Waals surface area contributed by atoms with E-state index in [1.807, 2.05) is 35.2 Å². The Balaban J connectivity index is 1.86. The van der Waals surface area contributed by atoms with E-state index < -0.39 is 0 Å². The highest BCUT2D eigenvalue weighted by Gasteiger charge is 2.25. The standard InChI is InChI=1S/C16H18N4O2/c1-17-15(21)13-10-14-16(22)19(8-5-9-20(14)18-13)11-12-6-3-2-4-7-12/h2-4,6-7,10H,5,8-9,11H2,1H3,(H,17,21). The number of hydrogen-bond donors (Lipinski definition) is 1. The summed E-state index contributed by atoms with van der Waals surface area (Å²) in [4.78, 5) is 26.2. The molecular formula is C16H18N4O2. The van der Waals surface area contributed by atoms with Gasteiger partial charge in [-0.15, -0.1) is 0 Å². The molecule has 114 valence electrons. The summed E-state index contributed by atoms with van der Waals surface area (Å²) in [6.45, 7) is 1.90. The van der Waals surface area contributed by atoms with E-state index in [0.29, 0.717) is 25.3 Å². The fourth-order valence-corrected chi connectivity index (χ4v) is 2.63. The van der Waals surface area contributed by atoms with E-state index in [-0.39, 0.29) is 17.5 Å². The van der Waals surface area contributed by atoms with E-state index in [0.717, 1.165) is 12.0 Å². The zero-order chi connectivity index (χ0) is 15.5. The summed E-state index contributed by atoms with van der Waals surface area (Å²) >= 11 is 0. The Kier molecular flexibility index (Phi) is 3.91. The molecule has 0 bridgehead atoms. The lowest BCUT2D eigenvalue weighted by Gasteiger charge is -2.20. The number of amides is 2. The minimum absolute atomic E-state index is 0.0796. The molecule has 0 spiro atoms. The molecule has 0 saturated heterocycles. The number of fused-ring (bicyclic) bond motifs is 1. The normalized spacial score (nSPS) is 14.4. The largest absolute Gasteiger partial charge is 0.354 e. The maximum absolute atomic E-state index is 12.7. The summed E-state index contributed by atoms with van der Waals surface area (Å²) in [5.74, 6) is -0.355. The maximum atomic E-state index is 12.7. The molecule has 22 heavy (non-hydrogen) atoms. The van der Waals surface area contributed by atoms with Crippen molar-refractivity contribution in [3.8, 4) is 0 Å². The van der Waals surface area contributed by atoms with Crippen LogP contribution in [-0.2, 0) is 13.1 Å². The van der Waals surface area contributed by atoms with Gasteiger partial charge >= 0.3 is 0 Å². The molecule has 1 aliphatic rings. The number of carbonyl (C=O) groups excluding carboxylic acids is 2. The van der Waals surface area contributed by atoms with Crippen LogP contribution >= 0.6 is 0 Å². The van der Waals surface area contributed by atoms with Crippen LogP contribution < -0.4 is 5.32 Å². The van der Waals surface area contributed by atoms with Crippen LogP contribution in [-0.4, -0.2) is 40.1 Å². The molecule has 0 aliphatic carbocycles. The highest BCUT2D eigenvalue weighted by atomic mass is 16.2. The van der Waals surface area contributed by atoms with Gasteiger partial charge in [0, 0.05) is 32.7 Å². The molecule has 0 saturated carbocycles. The monoisotopic (exact) mass is 298 g/mol. The van der Waals surface area contributed by atoms with Crippen molar-refractivity contribution in [3.05, 3.63) is 53.3 Å². The SMILES string of the molecule is CNC(=O)c1cc2n(n1)CCCN(Cc1ccccc1)C2=O. The summed E-state index contributed by atoms with van der Waals surface area (Å²) < 4.78 is 1.64. The van der Waals surface area contributed by atoms with Gasteiger partial charge in [0.25, 0.3) is 11.8 Å². The first-order chi connectivity index (χ1) is 10.7. The van der Waals surface area contributed by atoms with E-state index >= 15 is 0 Å². The van der Waals surface area contributed by atoms with Gasteiger partial charge in [0.1, 0.15) is 5.69 Å². The van der Waals surface area contributed by atoms with Crippen LogP contribution in [0, 0.1) is 0 Å². The maximum Gasteiger partial charge on any atom is 0.272 e.